The monoisotopic (exact) mass is 237 g/mol. The number of nitrogens with one attached hydrogen (secondary N) is 1. The predicted octanol–water partition coefficient (Wildman–Crippen LogP) is 1.23. The van der Waals surface area contributed by atoms with Crippen LogP contribution in [0.1, 0.15) is 24.2 Å². The summed E-state index contributed by atoms with van der Waals surface area (Å²) in [7, 11) is 0. The largest absolute Gasteiger partial charge is 0.508 e. The molecule has 3 N–H and O–H groups in total. The molecule has 0 aromatic heterocycles. The van der Waals surface area contributed by atoms with Gasteiger partial charge in [0.1, 0.15) is 11.8 Å². The number of amides is 1. The van der Waals surface area contributed by atoms with Crippen LogP contribution < -0.4 is 5.32 Å². The number of carboxylic acid groups (broad SMARTS) is 1. The molecular weight excluding hydrogens is 222 g/mol. The Morgan fingerprint density at radius 2 is 1.94 bits per heavy atom. The van der Waals surface area contributed by atoms with E-state index in [-0.39, 0.29) is 17.2 Å². The molecule has 0 fully saturated rings. The van der Waals surface area contributed by atoms with Crippen molar-refractivity contribution < 1.29 is 19.8 Å². The molecule has 5 nitrogen and oxygen atoms in total. The van der Waals surface area contributed by atoms with E-state index in [2.05, 4.69) is 5.32 Å². The van der Waals surface area contributed by atoms with Crippen LogP contribution in [-0.4, -0.2) is 28.1 Å². The normalized spacial score (nSPS) is 12.2. The topological polar surface area (TPSA) is 86.6 Å². The SMILES string of the molecule is CC(C)[C@H](NC(=O)c1cccc(O)c1)C(=O)O. The highest BCUT2D eigenvalue weighted by molar-refractivity contribution is 5.96. The van der Waals surface area contributed by atoms with Gasteiger partial charge in [-0.1, -0.05) is 19.9 Å². The third-order valence-corrected chi connectivity index (χ3v) is 2.33. The molecule has 0 bridgehead atoms. The maximum absolute atomic E-state index is 11.7. The van der Waals surface area contributed by atoms with Gasteiger partial charge in [-0.2, -0.15) is 0 Å². The molecule has 0 aliphatic rings. The summed E-state index contributed by atoms with van der Waals surface area (Å²) in [6.07, 6.45) is 0. The molecule has 0 saturated heterocycles. The molecular formula is C12H15NO4. The number of benzene rings is 1. The second-order valence-corrected chi connectivity index (χ2v) is 4.08. The van der Waals surface area contributed by atoms with Crippen molar-refractivity contribution in [3.05, 3.63) is 29.8 Å². The summed E-state index contributed by atoms with van der Waals surface area (Å²) < 4.78 is 0. The van der Waals surface area contributed by atoms with Crippen molar-refractivity contribution in [3.63, 3.8) is 0 Å². The molecule has 0 unspecified atom stereocenters. The minimum absolute atomic E-state index is 0.0333. The van der Waals surface area contributed by atoms with Gasteiger partial charge >= 0.3 is 5.97 Å². The summed E-state index contributed by atoms with van der Waals surface area (Å²) in [5.74, 6) is -1.83. The van der Waals surface area contributed by atoms with Crippen molar-refractivity contribution in [3.8, 4) is 5.75 Å². The standard InChI is InChI=1S/C12H15NO4/c1-7(2)10(12(16)17)13-11(15)8-4-3-5-9(14)6-8/h3-7,10,14H,1-2H3,(H,13,15)(H,16,17)/t10-/m0/s1. The van der Waals surface area contributed by atoms with E-state index in [1.54, 1.807) is 13.8 Å². The Bertz CT molecular complexity index is 428. The van der Waals surface area contributed by atoms with Crippen LogP contribution in [0.15, 0.2) is 24.3 Å². The van der Waals surface area contributed by atoms with Crippen LogP contribution in [0.25, 0.3) is 0 Å². The first kappa shape index (κ1) is 13.0. The lowest BCUT2D eigenvalue weighted by Gasteiger charge is -2.17. The Labute approximate surface area is 99.1 Å². The van der Waals surface area contributed by atoms with Crippen LogP contribution in [0.3, 0.4) is 0 Å². The van der Waals surface area contributed by atoms with E-state index in [9.17, 15) is 14.7 Å². The highest BCUT2D eigenvalue weighted by Gasteiger charge is 2.23. The number of carbonyl (C=O) groups excluding carboxylic acids is 1. The summed E-state index contributed by atoms with van der Waals surface area (Å²) in [6, 6.07) is 4.82. The zero-order valence-electron chi connectivity index (χ0n) is 9.68. The maximum atomic E-state index is 11.7. The zero-order valence-corrected chi connectivity index (χ0v) is 9.68. The Kier molecular flexibility index (Phi) is 4.09. The van der Waals surface area contributed by atoms with Crippen LogP contribution in [0.5, 0.6) is 5.75 Å². The summed E-state index contributed by atoms with van der Waals surface area (Å²) >= 11 is 0. The van der Waals surface area contributed by atoms with Gasteiger partial charge in [0.2, 0.25) is 0 Å². The second-order valence-electron chi connectivity index (χ2n) is 4.08. The fourth-order valence-electron chi connectivity index (χ4n) is 1.39. The molecule has 0 saturated carbocycles. The maximum Gasteiger partial charge on any atom is 0.326 e. The molecule has 5 heteroatoms. The fourth-order valence-corrected chi connectivity index (χ4v) is 1.39. The first-order valence-electron chi connectivity index (χ1n) is 5.24. The Balaban J connectivity index is 2.81. The van der Waals surface area contributed by atoms with Crippen LogP contribution in [0.2, 0.25) is 0 Å². The van der Waals surface area contributed by atoms with E-state index in [0.717, 1.165) is 0 Å². The summed E-state index contributed by atoms with van der Waals surface area (Å²) in [5, 5.41) is 20.6. The van der Waals surface area contributed by atoms with E-state index in [1.807, 2.05) is 0 Å². The van der Waals surface area contributed by atoms with E-state index in [4.69, 9.17) is 5.11 Å². The number of aliphatic carboxylic acids is 1. The van der Waals surface area contributed by atoms with Crippen molar-refractivity contribution in [2.45, 2.75) is 19.9 Å². The Hall–Kier alpha value is -2.04. The Morgan fingerprint density at radius 1 is 1.29 bits per heavy atom. The second kappa shape index (κ2) is 5.34. The molecule has 17 heavy (non-hydrogen) atoms. The van der Waals surface area contributed by atoms with E-state index in [1.165, 1.54) is 24.3 Å². The molecule has 0 aliphatic carbocycles. The third kappa shape index (κ3) is 3.48. The van der Waals surface area contributed by atoms with Crippen molar-refractivity contribution in [2.75, 3.05) is 0 Å². The Morgan fingerprint density at radius 3 is 2.41 bits per heavy atom. The zero-order chi connectivity index (χ0) is 13.0. The summed E-state index contributed by atoms with van der Waals surface area (Å²) in [5.41, 5.74) is 0.233. The number of phenolic OH excluding ortho intramolecular Hbond substituents is 1. The molecule has 1 aromatic carbocycles. The summed E-state index contributed by atoms with van der Waals surface area (Å²) in [4.78, 5) is 22.6. The smallest absolute Gasteiger partial charge is 0.326 e. The minimum atomic E-state index is -1.08. The number of carboxylic acids is 1. The minimum Gasteiger partial charge on any atom is -0.508 e. The lowest BCUT2D eigenvalue weighted by Crippen LogP contribution is -2.44. The van der Waals surface area contributed by atoms with Crippen LogP contribution >= 0.6 is 0 Å². The van der Waals surface area contributed by atoms with E-state index < -0.39 is 17.9 Å². The lowest BCUT2D eigenvalue weighted by atomic mass is 10.0. The first-order chi connectivity index (χ1) is 7.91. The third-order valence-electron chi connectivity index (χ3n) is 2.33. The molecule has 1 amide bonds. The molecule has 0 spiro atoms. The molecule has 92 valence electrons. The van der Waals surface area contributed by atoms with Gasteiger partial charge in [-0.25, -0.2) is 4.79 Å². The molecule has 0 radical (unpaired) electrons. The van der Waals surface area contributed by atoms with E-state index >= 15 is 0 Å². The number of rotatable bonds is 4. The molecule has 0 aliphatic heterocycles. The van der Waals surface area contributed by atoms with Crippen LogP contribution in [-0.2, 0) is 4.79 Å². The van der Waals surface area contributed by atoms with Crippen molar-refractivity contribution in [2.24, 2.45) is 5.92 Å². The van der Waals surface area contributed by atoms with Crippen molar-refractivity contribution in [1.29, 1.82) is 0 Å². The van der Waals surface area contributed by atoms with E-state index in [0.29, 0.717) is 0 Å². The van der Waals surface area contributed by atoms with Gasteiger partial charge in [0.25, 0.3) is 5.91 Å². The molecule has 1 aromatic rings. The van der Waals surface area contributed by atoms with Crippen LogP contribution in [0, 0.1) is 5.92 Å². The average Bonchev–Trinajstić information content (AvgIpc) is 2.24. The van der Waals surface area contributed by atoms with Crippen LogP contribution in [0.4, 0.5) is 0 Å². The number of hydrogen-bond donors (Lipinski definition) is 3. The van der Waals surface area contributed by atoms with Gasteiger partial charge in [-0.3, -0.25) is 4.79 Å². The van der Waals surface area contributed by atoms with Gasteiger partial charge in [-0.05, 0) is 24.1 Å². The van der Waals surface area contributed by atoms with Gasteiger partial charge in [-0.15, -0.1) is 0 Å². The molecule has 1 rings (SSSR count). The highest BCUT2D eigenvalue weighted by Crippen LogP contribution is 2.11. The number of hydrogen-bond acceptors (Lipinski definition) is 3. The molecule has 1 atom stereocenters. The van der Waals surface area contributed by atoms with Crippen molar-refractivity contribution in [1.82, 2.24) is 5.32 Å². The number of phenols is 1. The lowest BCUT2D eigenvalue weighted by molar-refractivity contribution is -0.140. The number of aromatic hydroxyl groups is 1. The van der Waals surface area contributed by atoms with Crippen molar-refractivity contribution >= 4 is 11.9 Å². The summed E-state index contributed by atoms with van der Waals surface area (Å²) in [6.45, 7) is 3.42. The fraction of sp³-hybridized carbons (Fsp3) is 0.333. The first-order valence-corrected chi connectivity index (χ1v) is 5.24. The van der Waals surface area contributed by atoms with Gasteiger partial charge in [0.05, 0.1) is 0 Å². The van der Waals surface area contributed by atoms with Gasteiger partial charge in [0, 0.05) is 5.56 Å². The van der Waals surface area contributed by atoms with Gasteiger partial charge < -0.3 is 15.5 Å². The quantitative estimate of drug-likeness (QED) is 0.735. The average molecular weight is 237 g/mol. The highest BCUT2D eigenvalue weighted by atomic mass is 16.4. The predicted molar refractivity (Wildman–Crippen MR) is 61.8 cm³/mol. The van der Waals surface area contributed by atoms with Gasteiger partial charge in [0.15, 0.2) is 0 Å². The molecule has 0 heterocycles. The number of carbonyl (C=O) groups is 2.